The number of hydrogen-bond acceptors (Lipinski definition) is 2. The first-order valence-electron chi connectivity index (χ1n) is 7.36. The van der Waals surface area contributed by atoms with Crippen LogP contribution < -0.4 is 0 Å². The molecule has 2 rings (SSSR count). The first-order valence-corrected chi connectivity index (χ1v) is 7.36. The van der Waals surface area contributed by atoms with Gasteiger partial charge in [-0.1, -0.05) is 37.6 Å². The largest absolute Gasteiger partial charge is 0.155 e. The zero-order valence-corrected chi connectivity index (χ0v) is 13.2. The van der Waals surface area contributed by atoms with E-state index in [0.29, 0.717) is 5.92 Å². The van der Waals surface area contributed by atoms with Crippen LogP contribution in [0.5, 0.6) is 0 Å². The minimum absolute atomic E-state index is 0.439. The van der Waals surface area contributed by atoms with Gasteiger partial charge in [-0.3, -0.25) is 0 Å². The lowest BCUT2D eigenvalue weighted by molar-refractivity contribution is 0.751. The van der Waals surface area contributed by atoms with Crippen molar-refractivity contribution in [2.45, 2.75) is 53.4 Å². The van der Waals surface area contributed by atoms with E-state index in [-0.39, 0.29) is 0 Å². The van der Waals surface area contributed by atoms with Crippen LogP contribution in [0.25, 0.3) is 0 Å². The van der Waals surface area contributed by atoms with E-state index in [1.807, 2.05) is 0 Å². The van der Waals surface area contributed by atoms with Crippen molar-refractivity contribution in [3.05, 3.63) is 57.9 Å². The topological polar surface area (TPSA) is 25.8 Å². The van der Waals surface area contributed by atoms with Crippen molar-refractivity contribution in [1.82, 2.24) is 10.2 Å². The van der Waals surface area contributed by atoms with Crippen LogP contribution in [0, 0.1) is 20.8 Å². The van der Waals surface area contributed by atoms with Gasteiger partial charge in [-0.25, -0.2) is 0 Å². The SMILES string of the molecule is Cc1ccc(CCc2nnc(C(C)C)cc2C)c(C)c1. The Labute approximate surface area is 122 Å². The first-order chi connectivity index (χ1) is 9.47. The molecule has 0 aliphatic heterocycles. The highest BCUT2D eigenvalue weighted by Gasteiger charge is 2.07. The van der Waals surface area contributed by atoms with Crippen molar-refractivity contribution in [3.8, 4) is 0 Å². The van der Waals surface area contributed by atoms with Gasteiger partial charge in [-0.2, -0.15) is 10.2 Å². The zero-order valence-electron chi connectivity index (χ0n) is 13.2. The molecule has 0 unspecified atom stereocenters. The molecule has 2 aromatic rings. The minimum Gasteiger partial charge on any atom is -0.155 e. The van der Waals surface area contributed by atoms with Crippen LogP contribution in [0.2, 0.25) is 0 Å². The van der Waals surface area contributed by atoms with E-state index in [1.165, 1.54) is 22.3 Å². The summed E-state index contributed by atoms with van der Waals surface area (Å²) < 4.78 is 0. The summed E-state index contributed by atoms with van der Waals surface area (Å²) in [6.07, 6.45) is 1.99. The second-order valence-corrected chi connectivity index (χ2v) is 5.98. The standard InChI is InChI=1S/C18H24N2/c1-12(2)18-11-15(5)17(19-20-18)9-8-16-7-6-13(3)10-14(16)4/h6-7,10-12H,8-9H2,1-5H3. The molecule has 0 N–H and O–H groups in total. The van der Waals surface area contributed by atoms with Crippen molar-refractivity contribution in [2.24, 2.45) is 0 Å². The van der Waals surface area contributed by atoms with E-state index in [0.717, 1.165) is 24.2 Å². The normalized spacial score (nSPS) is 11.1. The fourth-order valence-corrected chi connectivity index (χ4v) is 2.44. The van der Waals surface area contributed by atoms with Crippen LogP contribution >= 0.6 is 0 Å². The van der Waals surface area contributed by atoms with Crippen LogP contribution in [0.15, 0.2) is 24.3 Å². The molecule has 0 bridgehead atoms. The van der Waals surface area contributed by atoms with Gasteiger partial charge in [0.2, 0.25) is 0 Å². The number of rotatable bonds is 4. The van der Waals surface area contributed by atoms with Crippen LogP contribution in [0.3, 0.4) is 0 Å². The monoisotopic (exact) mass is 268 g/mol. The quantitative estimate of drug-likeness (QED) is 0.825. The molecule has 2 nitrogen and oxygen atoms in total. The van der Waals surface area contributed by atoms with Crippen molar-refractivity contribution in [3.63, 3.8) is 0 Å². The number of aryl methyl sites for hydroxylation is 5. The van der Waals surface area contributed by atoms with Crippen LogP contribution in [0.4, 0.5) is 0 Å². The van der Waals surface area contributed by atoms with Gasteiger partial charge in [-0.15, -0.1) is 0 Å². The van der Waals surface area contributed by atoms with E-state index in [1.54, 1.807) is 0 Å². The zero-order chi connectivity index (χ0) is 14.7. The molecule has 0 fully saturated rings. The third-order valence-electron chi connectivity index (χ3n) is 3.83. The fraction of sp³-hybridized carbons (Fsp3) is 0.444. The number of aromatic nitrogens is 2. The maximum atomic E-state index is 4.41. The molecule has 20 heavy (non-hydrogen) atoms. The predicted octanol–water partition coefficient (Wildman–Crippen LogP) is 4.31. The van der Waals surface area contributed by atoms with Crippen molar-refractivity contribution in [2.75, 3.05) is 0 Å². The second-order valence-electron chi connectivity index (χ2n) is 5.98. The molecule has 1 heterocycles. The average Bonchev–Trinajstić information content (AvgIpc) is 2.38. The molecule has 1 aromatic carbocycles. The summed E-state index contributed by atoms with van der Waals surface area (Å²) >= 11 is 0. The Balaban J connectivity index is 2.11. The molecule has 1 aromatic heterocycles. The Kier molecular flexibility index (Phi) is 4.53. The average molecular weight is 268 g/mol. The van der Waals surface area contributed by atoms with Crippen LogP contribution in [0.1, 0.15) is 53.4 Å². The molecule has 0 saturated heterocycles. The number of hydrogen-bond donors (Lipinski definition) is 0. The van der Waals surface area contributed by atoms with E-state index < -0.39 is 0 Å². The summed E-state index contributed by atoms with van der Waals surface area (Å²) in [5, 5.41) is 8.75. The third kappa shape index (κ3) is 3.44. The Hall–Kier alpha value is -1.70. The molecule has 0 amide bonds. The van der Waals surface area contributed by atoms with Gasteiger partial charge in [0.15, 0.2) is 0 Å². The summed E-state index contributed by atoms with van der Waals surface area (Å²) in [5.41, 5.74) is 7.56. The van der Waals surface area contributed by atoms with Crippen molar-refractivity contribution in [1.29, 1.82) is 0 Å². The first kappa shape index (κ1) is 14.7. The summed E-state index contributed by atoms with van der Waals surface area (Å²) in [4.78, 5) is 0. The molecule has 106 valence electrons. The molecule has 2 heteroatoms. The molecule has 0 aliphatic rings. The Morgan fingerprint density at radius 3 is 2.25 bits per heavy atom. The van der Waals surface area contributed by atoms with Gasteiger partial charge in [0, 0.05) is 0 Å². The minimum atomic E-state index is 0.439. The Morgan fingerprint density at radius 2 is 1.65 bits per heavy atom. The van der Waals surface area contributed by atoms with E-state index in [2.05, 4.69) is 69.1 Å². The molecule has 0 saturated carbocycles. The summed E-state index contributed by atoms with van der Waals surface area (Å²) in [6.45, 7) is 10.8. The molecular weight excluding hydrogens is 244 g/mol. The molecule has 0 atom stereocenters. The smallest absolute Gasteiger partial charge is 0.0663 e. The lowest BCUT2D eigenvalue weighted by Crippen LogP contribution is -2.04. The van der Waals surface area contributed by atoms with Crippen LogP contribution in [-0.4, -0.2) is 10.2 Å². The van der Waals surface area contributed by atoms with Gasteiger partial charge in [0.1, 0.15) is 0 Å². The third-order valence-corrected chi connectivity index (χ3v) is 3.83. The molecule has 0 aliphatic carbocycles. The maximum Gasteiger partial charge on any atom is 0.0663 e. The van der Waals surface area contributed by atoms with E-state index in [9.17, 15) is 0 Å². The van der Waals surface area contributed by atoms with Gasteiger partial charge in [0.05, 0.1) is 11.4 Å². The van der Waals surface area contributed by atoms with Gasteiger partial charge in [-0.05, 0) is 62.3 Å². The van der Waals surface area contributed by atoms with Gasteiger partial charge in [0.25, 0.3) is 0 Å². The predicted molar refractivity (Wildman–Crippen MR) is 84.2 cm³/mol. The molecular formula is C18H24N2. The number of benzene rings is 1. The molecule has 0 spiro atoms. The highest BCUT2D eigenvalue weighted by atomic mass is 15.1. The maximum absolute atomic E-state index is 4.41. The molecule has 0 radical (unpaired) electrons. The van der Waals surface area contributed by atoms with E-state index in [4.69, 9.17) is 0 Å². The summed E-state index contributed by atoms with van der Waals surface area (Å²) in [6, 6.07) is 8.84. The Bertz CT molecular complexity index is 600. The van der Waals surface area contributed by atoms with Gasteiger partial charge >= 0.3 is 0 Å². The lowest BCUT2D eigenvalue weighted by atomic mass is 9.99. The fourth-order valence-electron chi connectivity index (χ4n) is 2.44. The van der Waals surface area contributed by atoms with Crippen LogP contribution in [-0.2, 0) is 12.8 Å². The van der Waals surface area contributed by atoms with E-state index >= 15 is 0 Å². The number of nitrogens with zero attached hydrogens (tertiary/aromatic N) is 2. The highest BCUT2D eigenvalue weighted by molar-refractivity contribution is 5.31. The highest BCUT2D eigenvalue weighted by Crippen LogP contribution is 2.17. The lowest BCUT2D eigenvalue weighted by Gasteiger charge is -2.10. The second kappa shape index (κ2) is 6.17. The van der Waals surface area contributed by atoms with Crippen molar-refractivity contribution >= 4 is 0 Å². The summed E-state index contributed by atoms with van der Waals surface area (Å²) in [7, 11) is 0. The van der Waals surface area contributed by atoms with Gasteiger partial charge < -0.3 is 0 Å². The summed E-state index contributed by atoms with van der Waals surface area (Å²) in [5.74, 6) is 0.439. The Morgan fingerprint density at radius 1 is 0.900 bits per heavy atom. The van der Waals surface area contributed by atoms with Crippen molar-refractivity contribution < 1.29 is 0 Å².